The van der Waals surface area contributed by atoms with Crippen LogP contribution in [-0.2, 0) is 16.0 Å². The van der Waals surface area contributed by atoms with Crippen molar-refractivity contribution in [3.8, 4) is 5.75 Å². The molecule has 1 fully saturated rings. The van der Waals surface area contributed by atoms with Gasteiger partial charge in [-0.05, 0) is 35.2 Å². The lowest BCUT2D eigenvalue weighted by Gasteiger charge is -2.35. The molecule has 1 N–H and O–H groups in total. The topological polar surface area (TPSA) is 65.6 Å². The smallest absolute Gasteiger partial charge is 0.223 e. The monoisotopic (exact) mass is 433 g/mol. The first-order valence-corrected chi connectivity index (χ1v) is 11.3. The fraction of sp³-hybridized carbons (Fsp3) is 0.385. The van der Waals surface area contributed by atoms with E-state index < -0.39 is 0 Å². The molecule has 1 aliphatic rings. The average Bonchev–Trinajstić information content (AvgIpc) is 3.26. The van der Waals surface area contributed by atoms with Crippen molar-refractivity contribution in [2.75, 3.05) is 33.3 Å². The first-order valence-electron chi connectivity index (χ1n) is 11.3. The molecule has 1 atom stereocenters. The number of benzene rings is 2. The molecule has 0 radical (unpaired) electrons. The summed E-state index contributed by atoms with van der Waals surface area (Å²) in [6.45, 7) is 6.08. The summed E-state index contributed by atoms with van der Waals surface area (Å²) >= 11 is 0. The van der Waals surface area contributed by atoms with Gasteiger partial charge in [-0.25, -0.2) is 0 Å². The average molecular weight is 434 g/mol. The van der Waals surface area contributed by atoms with Crippen LogP contribution in [-0.4, -0.2) is 59.9 Å². The molecule has 168 valence electrons. The zero-order chi connectivity index (χ0) is 22.7. The second-order valence-electron chi connectivity index (χ2n) is 8.36. The molecule has 2 heterocycles. The van der Waals surface area contributed by atoms with Gasteiger partial charge < -0.3 is 19.5 Å². The highest BCUT2D eigenvalue weighted by Gasteiger charge is 2.27. The lowest BCUT2D eigenvalue weighted by Crippen LogP contribution is -2.50. The first kappa shape index (κ1) is 21.9. The Bertz CT molecular complexity index is 1110. The molecule has 2 aromatic carbocycles. The minimum absolute atomic E-state index is 0.0666. The third-order valence-corrected chi connectivity index (χ3v) is 6.54. The quantitative estimate of drug-likeness (QED) is 0.640. The molecule has 4 rings (SSSR count). The van der Waals surface area contributed by atoms with E-state index in [4.69, 9.17) is 4.74 Å². The van der Waals surface area contributed by atoms with Gasteiger partial charge in [0.2, 0.25) is 11.8 Å². The lowest BCUT2D eigenvalue weighted by molar-refractivity contribution is -0.138. The molecule has 0 aliphatic carbocycles. The van der Waals surface area contributed by atoms with Gasteiger partial charge in [-0.15, -0.1) is 0 Å². The number of piperazine rings is 1. The molecule has 1 aliphatic heterocycles. The Labute approximate surface area is 189 Å². The molecule has 32 heavy (non-hydrogen) atoms. The number of aryl methyl sites for hydroxylation is 1. The second-order valence-corrected chi connectivity index (χ2v) is 8.36. The summed E-state index contributed by atoms with van der Waals surface area (Å²) in [6, 6.07) is 14.3. The van der Waals surface area contributed by atoms with E-state index in [9.17, 15) is 9.59 Å². The Balaban J connectivity index is 1.66. The van der Waals surface area contributed by atoms with Crippen LogP contribution in [0, 0.1) is 0 Å². The number of carbonyl (C=O) groups is 2. The number of fused-ring (bicyclic) bond motifs is 1. The van der Waals surface area contributed by atoms with Crippen molar-refractivity contribution in [1.29, 1.82) is 0 Å². The number of hydrogen-bond donors (Lipinski definition) is 1. The number of hydrogen-bond acceptors (Lipinski definition) is 3. The van der Waals surface area contributed by atoms with Crippen molar-refractivity contribution in [2.24, 2.45) is 0 Å². The van der Waals surface area contributed by atoms with Gasteiger partial charge in [-0.3, -0.25) is 9.59 Å². The molecule has 2 amide bonds. The van der Waals surface area contributed by atoms with Crippen LogP contribution >= 0.6 is 0 Å². The number of ether oxygens (including phenoxy) is 1. The van der Waals surface area contributed by atoms with E-state index in [-0.39, 0.29) is 17.7 Å². The van der Waals surface area contributed by atoms with Gasteiger partial charge in [-0.2, -0.15) is 0 Å². The van der Waals surface area contributed by atoms with E-state index in [1.165, 1.54) is 5.56 Å². The third-order valence-electron chi connectivity index (χ3n) is 6.54. The Morgan fingerprint density at radius 2 is 1.78 bits per heavy atom. The van der Waals surface area contributed by atoms with Crippen LogP contribution in [0.3, 0.4) is 0 Å². The number of carbonyl (C=O) groups excluding carboxylic acids is 2. The number of aromatic amines is 1. The van der Waals surface area contributed by atoms with Gasteiger partial charge in [0.25, 0.3) is 0 Å². The summed E-state index contributed by atoms with van der Waals surface area (Å²) in [5.41, 5.74) is 4.59. The maximum atomic E-state index is 13.3. The number of H-pyrrole nitrogens is 1. The third kappa shape index (κ3) is 4.35. The Morgan fingerprint density at radius 1 is 1.06 bits per heavy atom. The van der Waals surface area contributed by atoms with E-state index >= 15 is 0 Å². The molecular weight excluding hydrogens is 402 g/mol. The lowest BCUT2D eigenvalue weighted by atomic mass is 9.87. The molecular formula is C26H31N3O3. The molecule has 6 nitrogen and oxygen atoms in total. The molecule has 0 saturated carbocycles. The number of nitrogens with one attached hydrogen (secondary N) is 1. The Morgan fingerprint density at radius 3 is 2.47 bits per heavy atom. The van der Waals surface area contributed by atoms with Crippen molar-refractivity contribution in [1.82, 2.24) is 14.8 Å². The predicted octanol–water partition coefficient (Wildman–Crippen LogP) is 3.95. The van der Waals surface area contributed by atoms with Gasteiger partial charge in [0.1, 0.15) is 5.75 Å². The zero-order valence-electron chi connectivity index (χ0n) is 19.1. The number of methoxy groups -OCH3 is 1. The summed E-state index contributed by atoms with van der Waals surface area (Å²) < 4.78 is 5.46. The van der Waals surface area contributed by atoms with E-state index in [1.807, 2.05) is 23.1 Å². The first-order chi connectivity index (χ1) is 15.5. The van der Waals surface area contributed by atoms with Crippen molar-refractivity contribution >= 4 is 22.7 Å². The normalized spacial score (nSPS) is 15.1. The van der Waals surface area contributed by atoms with E-state index in [0.29, 0.717) is 32.6 Å². The second kappa shape index (κ2) is 9.47. The number of aromatic nitrogens is 1. The van der Waals surface area contributed by atoms with E-state index in [0.717, 1.165) is 34.2 Å². The van der Waals surface area contributed by atoms with Crippen LogP contribution < -0.4 is 4.74 Å². The van der Waals surface area contributed by atoms with Crippen molar-refractivity contribution in [3.63, 3.8) is 0 Å². The zero-order valence-corrected chi connectivity index (χ0v) is 19.1. The van der Waals surface area contributed by atoms with Crippen molar-refractivity contribution < 1.29 is 14.3 Å². The summed E-state index contributed by atoms with van der Waals surface area (Å²) in [7, 11) is 1.66. The van der Waals surface area contributed by atoms with Crippen LogP contribution in [0.2, 0.25) is 0 Å². The molecule has 0 spiro atoms. The van der Waals surface area contributed by atoms with Crippen LogP contribution in [0.4, 0.5) is 0 Å². The molecule has 1 unspecified atom stereocenters. The van der Waals surface area contributed by atoms with Crippen LogP contribution in [0.25, 0.3) is 10.9 Å². The fourth-order valence-corrected chi connectivity index (χ4v) is 4.66. The highest BCUT2D eigenvalue weighted by Crippen LogP contribution is 2.36. The van der Waals surface area contributed by atoms with Gasteiger partial charge in [0, 0.05) is 62.5 Å². The van der Waals surface area contributed by atoms with Gasteiger partial charge >= 0.3 is 0 Å². The SMILES string of the molecule is CCc1cccc2c(C(CC(=O)N3CCN(C(C)=O)CC3)c3cccc(OC)c3)c[nH]c12. The Kier molecular flexibility index (Phi) is 6.49. The van der Waals surface area contributed by atoms with Crippen molar-refractivity contribution in [2.45, 2.75) is 32.6 Å². The van der Waals surface area contributed by atoms with E-state index in [1.54, 1.807) is 18.9 Å². The number of rotatable bonds is 6. The number of nitrogens with zero attached hydrogens (tertiary/aromatic N) is 2. The number of amides is 2. The standard InChI is InChI=1S/C26H31N3O3/c1-4-19-7-6-10-22-24(17-27-26(19)22)23(20-8-5-9-21(15-20)32-3)16-25(31)29-13-11-28(12-14-29)18(2)30/h5-10,15,17,23,27H,4,11-14,16H2,1-3H3. The summed E-state index contributed by atoms with van der Waals surface area (Å²) in [5, 5.41) is 1.16. The molecule has 1 aromatic heterocycles. The largest absolute Gasteiger partial charge is 0.497 e. The van der Waals surface area contributed by atoms with Gasteiger partial charge in [-0.1, -0.05) is 37.3 Å². The van der Waals surface area contributed by atoms with Crippen molar-refractivity contribution in [3.05, 3.63) is 65.4 Å². The molecule has 1 saturated heterocycles. The number of para-hydroxylation sites is 1. The maximum Gasteiger partial charge on any atom is 0.223 e. The molecule has 0 bridgehead atoms. The predicted molar refractivity (Wildman–Crippen MR) is 126 cm³/mol. The minimum Gasteiger partial charge on any atom is -0.497 e. The maximum absolute atomic E-state index is 13.3. The highest BCUT2D eigenvalue weighted by atomic mass is 16.5. The fourth-order valence-electron chi connectivity index (χ4n) is 4.66. The summed E-state index contributed by atoms with van der Waals surface area (Å²) in [4.78, 5) is 32.1. The van der Waals surface area contributed by atoms with Gasteiger partial charge in [0.05, 0.1) is 7.11 Å². The minimum atomic E-state index is -0.0932. The molecule has 6 heteroatoms. The summed E-state index contributed by atoms with van der Waals surface area (Å²) in [5.74, 6) is 0.868. The molecule has 3 aromatic rings. The van der Waals surface area contributed by atoms with Crippen LogP contribution in [0.1, 0.15) is 42.9 Å². The van der Waals surface area contributed by atoms with E-state index in [2.05, 4.69) is 42.4 Å². The Hall–Kier alpha value is -3.28. The van der Waals surface area contributed by atoms with Crippen LogP contribution in [0.5, 0.6) is 5.75 Å². The highest BCUT2D eigenvalue weighted by molar-refractivity contribution is 5.88. The summed E-state index contributed by atoms with van der Waals surface area (Å²) in [6.07, 6.45) is 3.37. The van der Waals surface area contributed by atoms with Crippen LogP contribution in [0.15, 0.2) is 48.7 Å². The van der Waals surface area contributed by atoms with Gasteiger partial charge in [0.15, 0.2) is 0 Å².